The van der Waals surface area contributed by atoms with Crippen molar-refractivity contribution < 1.29 is 29.0 Å². The third-order valence-corrected chi connectivity index (χ3v) is 3.82. The lowest BCUT2D eigenvalue weighted by atomic mass is 9.94. The minimum Gasteiger partial charge on any atom is -0.481 e. The Morgan fingerprint density at radius 1 is 1.19 bits per heavy atom. The first-order valence-electron chi connectivity index (χ1n) is 8.41. The molecule has 0 heterocycles. The molecule has 0 radical (unpaired) electrons. The quantitative estimate of drug-likeness (QED) is 0.712. The molecule has 0 aromatic heterocycles. The molecule has 26 heavy (non-hydrogen) atoms. The van der Waals surface area contributed by atoms with Gasteiger partial charge in [-0.05, 0) is 40.2 Å². The van der Waals surface area contributed by atoms with Crippen molar-refractivity contribution in [3.8, 4) is 0 Å². The van der Waals surface area contributed by atoms with Crippen LogP contribution in [0.15, 0.2) is 30.3 Å². The zero-order chi connectivity index (χ0) is 19.9. The molecule has 7 nitrogen and oxygen atoms in total. The van der Waals surface area contributed by atoms with E-state index in [0.29, 0.717) is 6.41 Å². The van der Waals surface area contributed by atoms with E-state index in [2.05, 4.69) is 0 Å². The molecule has 144 valence electrons. The average Bonchev–Trinajstić information content (AvgIpc) is 2.52. The maximum Gasteiger partial charge on any atom is 0.417 e. The summed E-state index contributed by atoms with van der Waals surface area (Å²) in [5.74, 6) is -2.26. The van der Waals surface area contributed by atoms with Crippen LogP contribution >= 0.6 is 0 Å². The summed E-state index contributed by atoms with van der Waals surface area (Å²) >= 11 is 0. The Morgan fingerprint density at radius 3 is 2.23 bits per heavy atom. The molecule has 0 saturated carbocycles. The Kier molecular flexibility index (Phi) is 7.76. The van der Waals surface area contributed by atoms with Gasteiger partial charge in [-0.15, -0.1) is 0 Å². The third kappa shape index (κ3) is 6.48. The van der Waals surface area contributed by atoms with Gasteiger partial charge in [-0.2, -0.15) is 0 Å². The smallest absolute Gasteiger partial charge is 0.417 e. The van der Waals surface area contributed by atoms with E-state index >= 15 is 0 Å². The molecular weight excluding hydrogens is 338 g/mol. The SMILES string of the molecule is C[C@H]([C@H](C(=O)O)[C@@H](C)OCc1ccccc1)N(C=O)C(=O)OC(C)(C)C. The minimum absolute atomic E-state index is 0.228. The number of imide groups is 1. The van der Waals surface area contributed by atoms with Gasteiger partial charge < -0.3 is 14.6 Å². The van der Waals surface area contributed by atoms with Crippen LogP contribution in [0.3, 0.4) is 0 Å². The zero-order valence-corrected chi connectivity index (χ0v) is 15.8. The van der Waals surface area contributed by atoms with Gasteiger partial charge in [0.05, 0.1) is 18.8 Å². The largest absolute Gasteiger partial charge is 0.481 e. The monoisotopic (exact) mass is 365 g/mol. The molecule has 0 bridgehead atoms. The molecular formula is C19H27NO6. The minimum atomic E-state index is -1.16. The summed E-state index contributed by atoms with van der Waals surface area (Å²) in [5, 5.41) is 9.60. The lowest BCUT2D eigenvalue weighted by molar-refractivity contribution is -0.151. The van der Waals surface area contributed by atoms with Crippen LogP contribution in [0.1, 0.15) is 40.2 Å². The van der Waals surface area contributed by atoms with E-state index in [9.17, 15) is 19.5 Å². The van der Waals surface area contributed by atoms with Gasteiger partial charge in [0.1, 0.15) is 11.5 Å². The van der Waals surface area contributed by atoms with Crippen molar-refractivity contribution in [2.45, 2.75) is 59.0 Å². The molecule has 0 spiro atoms. The lowest BCUT2D eigenvalue weighted by Gasteiger charge is -2.32. The van der Waals surface area contributed by atoms with Gasteiger partial charge in [-0.25, -0.2) is 9.69 Å². The Labute approximate surface area is 153 Å². The van der Waals surface area contributed by atoms with E-state index in [1.54, 1.807) is 27.7 Å². The standard InChI is InChI=1S/C19H27NO6/c1-13(20(12-21)18(24)26-19(3,4)5)16(17(22)23)14(2)25-11-15-9-7-6-8-10-15/h6-10,12-14,16H,11H2,1-5H3,(H,22,23)/t13-,14-,16+/m1/s1. The number of amides is 2. The number of aliphatic carboxylic acids is 1. The first-order valence-corrected chi connectivity index (χ1v) is 8.41. The first kappa shape index (κ1) is 21.6. The van der Waals surface area contributed by atoms with Crippen molar-refractivity contribution in [3.05, 3.63) is 35.9 Å². The van der Waals surface area contributed by atoms with E-state index in [1.165, 1.54) is 6.92 Å². The van der Waals surface area contributed by atoms with Crippen LogP contribution in [0, 0.1) is 5.92 Å². The lowest BCUT2D eigenvalue weighted by Crippen LogP contribution is -2.50. The second kappa shape index (κ2) is 9.33. The predicted octanol–water partition coefficient (Wildman–Crippen LogP) is 3.07. The summed E-state index contributed by atoms with van der Waals surface area (Å²) in [6, 6.07) is 8.38. The van der Waals surface area contributed by atoms with E-state index < -0.39 is 35.7 Å². The number of hydrogen-bond acceptors (Lipinski definition) is 5. The molecule has 7 heteroatoms. The summed E-state index contributed by atoms with van der Waals surface area (Å²) in [7, 11) is 0. The summed E-state index contributed by atoms with van der Waals surface area (Å²) in [5.41, 5.74) is 0.0992. The highest BCUT2D eigenvalue weighted by Gasteiger charge is 2.38. The van der Waals surface area contributed by atoms with Crippen LogP contribution in [0.25, 0.3) is 0 Å². The Hall–Kier alpha value is -2.41. The van der Waals surface area contributed by atoms with Crippen LogP contribution in [0.4, 0.5) is 4.79 Å². The number of hydrogen-bond donors (Lipinski definition) is 1. The summed E-state index contributed by atoms with van der Waals surface area (Å²) in [6.45, 7) is 8.32. The summed E-state index contributed by atoms with van der Waals surface area (Å²) in [6.07, 6.45) is -1.33. The molecule has 0 aliphatic carbocycles. The van der Waals surface area contributed by atoms with Gasteiger partial charge in [0, 0.05) is 0 Å². The first-order chi connectivity index (χ1) is 12.1. The summed E-state index contributed by atoms with van der Waals surface area (Å²) in [4.78, 5) is 36.1. The highest BCUT2D eigenvalue weighted by atomic mass is 16.6. The van der Waals surface area contributed by atoms with Gasteiger partial charge in [-0.1, -0.05) is 30.3 Å². The number of carboxylic acid groups (broad SMARTS) is 1. The topological polar surface area (TPSA) is 93.1 Å². The van der Waals surface area contributed by atoms with Gasteiger partial charge in [0.2, 0.25) is 6.41 Å². The Balaban J connectivity index is 2.86. The normalized spacial score (nSPS) is 14.8. The molecule has 0 fully saturated rings. The van der Waals surface area contributed by atoms with E-state index in [4.69, 9.17) is 9.47 Å². The Morgan fingerprint density at radius 2 is 1.77 bits per heavy atom. The number of rotatable bonds is 8. The van der Waals surface area contributed by atoms with E-state index in [1.807, 2.05) is 30.3 Å². The highest BCUT2D eigenvalue weighted by molar-refractivity contribution is 5.82. The molecule has 0 aliphatic rings. The van der Waals surface area contributed by atoms with Gasteiger partial charge in [0.15, 0.2) is 0 Å². The molecule has 1 rings (SSSR count). The molecule has 1 aromatic carbocycles. The number of nitrogens with zero attached hydrogens (tertiary/aromatic N) is 1. The van der Waals surface area contributed by atoms with Crippen LogP contribution in [0.2, 0.25) is 0 Å². The molecule has 0 saturated heterocycles. The fraction of sp³-hybridized carbons (Fsp3) is 0.526. The molecule has 0 aliphatic heterocycles. The third-order valence-electron chi connectivity index (χ3n) is 3.82. The second-order valence-electron chi connectivity index (χ2n) is 7.10. The highest BCUT2D eigenvalue weighted by Crippen LogP contribution is 2.21. The van der Waals surface area contributed by atoms with Crippen molar-refractivity contribution >= 4 is 18.5 Å². The number of benzene rings is 1. The molecule has 2 amide bonds. The zero-order valence-electron chi connectivity index (χ0n) is 15.8. The number of ether oxygens (including phenoxy) is 2. The number of carbonyl (C=O) groups is 3. The fourth-order valence-corrected chi connectivity index (χ4v) is 2.50. The van der Waals surface area contributed by atoms with Crippen molar-refractivity contribution in [1.29, 1.82) is 0 Å². The van der Waals surface area contributed by atoms with Crippen LogP contribution in [0.5, 0.6) is 0 Å². The van der Waals surface area contributed by atoms with Crippen LogP contribution in [-0.4, -0.2) is 46.2 Å². The van der Waals surface area contributed by atoms with Gasteiger partial charge >= 0.3 is 12.1 Å². The van der Waals surface area contributed by atoms with Crippen LogP contribution < -0.4 is 0 Å². The second-order valence-corrected chi connectivity index (χ2v) is 7.10. The maximum absolute atomic E-state index is 12.2. The summed E-state index contributed by atoms with van der Waals surface area (Å²) < 4.78 is 10.8. The number of carboxylic acids is 1. The van der Waals surface area contributed by atoms with Crippen LogP contribution in [-0.2, 0) is 25.7 Å². The van der Waals surface area contributed by atoms with Crippen molar-refractivity contribution in [1.82, 2.24) is 4.90 Å². The molecule has 0 unspecified atom stereocenters. The molecule has 1 N–H and O–H groups in total. The Bertz CT molecular complexity index is 610. The van der Waals surface area contributed by atoms with Crippen molar-refractivity contribution in [2.75, 3.05) is 0 Å². The maximum atomic E-state index is 12.2. The molecule has 1 aromatic rings. The van der Waals surface area contributed by atoms with E-state index in [0.717, 1.165) is 10.5 Å². The molecule has 3 atom stereocenters. The van der Waals surface area contributed by atoms with Crippen molar-refractivity contribution in [2.24, 2.45) is 5.92 Å². The van der Waals surface area contributed by atoms with E-state index in [-0.39, 0.29) is 6.61 Å². The number of carbonyl (C=O) groups excluding carboxylic acids is 2. The average molecular weight is 365 g/mol. The van der Waals surface area contributed by atoms with Gasteiger partial charge in [-0.3, -0.25) is 9.59 Å². The fourth-order valence-electron chi connectivity index (χ4n) is 2.50. The van der Waals surface area contributed by atoms with Crippen molar-refractivity contribution in [3.63, 3.8) is 0 Å². The predicted molar refractivity (Wildman–Crippen MR) is 95.4 cm³/mol. The van der Waals surface area contributed by atoms with Gasteiger partial charge in [0.25, 0.3) is 0 Å².